The minimum atomic E-state index is -1.91. The molecule has 0 aromatic rings. The summed E-state index contributed by atoms with van der Waals surface area (Å²) in [4.78, 5) is 51.1. The molecule has 3 N–H and O–H groups in total. The van der Waals surface area contributed by atoms with Crippen LogP contribution >= 0.6 is 0 Å². The molecule has 1 heterocycles. The van der Waals surface area contributed by atoms with E-state index in [0.29, 0.717) is 19.3 Å². The van der Waals surface area contributed by atoms with Gasteiger partial charge in [-0.15, -0.1) is 0 Å². The zero-order chi connectivity index (χ0) is 54.7. The fourth-order valence-electron chi connectivity index (χ4n) is 8.94. The maximum atomic E-state index is 13.1. The lowest BCUT2D eigenvalue weighted by Gasteiger charge is -2.40. The van der Waals surface area contributed by atoms with Crippen molar-refractivity contribution in [2.75, 3.05) is 13.2 Å². The summed E-state index contributed by atoms with van der Waals surface area (Å²) in [6.07, 6.45) is 50.5. The van der Waals surface area contributed by atoms with E-state index in [9.17, 15) is 34.5 Å². The molecule has 0 saturated carbocycles. The molecule has 6 atom stereocenters. The number of esters is 3. The number of carbonyl (C=O) groups is 4. The van der Waals surface area contributed by atoms with Crippen molar-refractivity contribution in [2.24, 2.45) is 0 Å². The zero-order valence-corrected chi connectivity index (χ0v) is 47.5. The van der Waals surface area contributed by atoms with Gasteiger partial charge in [-0.05, 0) is 83.5 Å². The Morgan fingerprint density at radius 3 is 1.32 bits per heavy atom. The summed E-state index contributed by atoms with van der Waals surface area (Å²) < 4.78 is 28.4. The molecule has 0 aliphatic carbocycles. The Labute approximate surface area is 456 Å². The predicted molar refractivity (Wildman–Crippen MR) is 303 cm³/mol. The molecular formula is C63H108O12. The Hall–Kier alpha value is -3.58. The Kier molecular flexibility index (Phi) is 47.4. The maximum absolute atomic E-state index is 13.1. The first-order valence-corrected chi connectivity index (χ1v) is 30.3. The lowest BCUT2D eigenvalue weighted by Crippen LogP contribution is -2.61. The largest absolute Gasteiger partial charge is 0.479 e. The van der Waals surface area contributed by atoms with Crippen LogP contribution in [0.4, 0.5) is 0 Å². The summed E-state index contributed by atoms with van der Waals surface area (Å²) in [6, 6.07) is 0. The Morgan fingerprint density at radius 2 is 0.840 bits per heavy atom. The molecule has 0 aromatic heterocycles. The van der Waals surface area contributed by atoms with Crippen molar-refractivity contribution in [3.05, 3.63) is 60.8 Å². The third kappa shape index (κ3) is 41.2. The number of unbranched alkanes of at least 4 members (excludes halogenated alkanes) is 27. The predicted octanol–water partition coefficient (Wildman–Crippen LogP) is 15.6. The molecule has 0 spiro atoms. The highest BCUT2D eigenvalue weighted by Crippen LogP contribution is 2.26. The number of carbonyl (C=O) groups excluding carboxylic acids is 3. The lowest BCUT2D eigenvalue weighted by atomic mass is 9.98. The van der Waals surface area contributed by atoms with E-state index >= 15 is 0 Å². The quantitative estimate of drug-likeness (QED) is 0.0228. The number of carboxylic acids is 1. The van der Waals surface area contributed by atoms with E-state index in [0.717, 1.165) is 89.9 Å². The van der Waals surface area contributed by atoms with E-state index < -0.39 is 67.3 Å². The molecule has 1 fully saturated rings. The number of rotatable bonds is 51. The number of aliphatic hydroxyl groups excluding tert-OH is 2. The summed E-state index contributed by atoms with van der Waals surface area (Å²) in [7, 11) is 0. The third-order valence-corrected chi connectivity index (χ3v) is 13.6. The number of ether oxygens (including phenoxy) is 5. The molecule has 0 aromatic carbocycles. The smallest absolute Gasteiger partial charge is 0.335 e. The second-order valence-electron chi connectivity index (χ2n) is 20.6. The number of carboxylic acid groups (broad SMARTS) is 1. The van der Waals surface area contributed by atoms with Crippen molar-refractivity contribution in [3.8, 4) is 0 Å². The summed E-state index contributed by atoms with van der Waals surface area (Å²) in [6.45, 7) is 5.84. The summed E-state index contributed by atoms with van der Waals surface area (Å²) in [5.41, 5.74) is 0. The molecule has 1 rings (SSSR count). The van der Waals surface area contributed by atoms with Gasteiger partial charge in [-0.2, -0.15) is 0 Å². The molecule has 12 heteroatoms. The van der Waals surface area contributed by atoms with Gasteiger partial charge in [0.05, 0.1) is 6.61 Å². The molecule has 0 amide bonds. The van der Waals surface area contributed by atoms with Crippen LogP contribution in [0, 0.1) is 0 Å². The van der Waals surface area contributed by atoms with Crippen LogP contribution in [-0.4, -0.2) is 89.2 Å². The van der Waals surface area contributed by atoms with Crippen LogP contribution in [0.15, 0.2) is 60.8 Å². The van der Waals surface area contributed by atoms with Gasteiger partial charge in [0.15, 0.2) is 24.6 Å². The molecule has 12 nitrogen and oxygen atoms in total. The van der Waals surface area contributed by atoms with Gasteiger partial charge >= 0.3 is 23.9 Å². The fraction of sp³-hybridized carbons (Fsp3) is 0.778. The minimum Gasteiger partial charge on any atom is -0.479 e. The van der Waals surface area contributed by atoms with Crippen LogP contribution in [0.5, 0.6) is 0 Å². The van der Waals surface area contributed by atoms with Gasteiger partial charge in [0.1, 0.15) is 18.8 Å². The monoisotopic (exact) mass is 1060 g/mol. The van der Waals surface area contributed by atoms with Crippen LogP contribution in [0.1, 0.15) is 265 Å². The molecular weight excluding hydrogens is 949 g/mol. The topological polar surface area (TPSA) is 175 Å². The molecule has 432 valence electrons. The molecule has 0 bridgehead atoms. The van der Waals surface area contributed by atoms with Gasteiger partial charge in [-0.25, -0.2) is 4.79 Å². The van der Waals surface area contributed by atoms with Crippen LogP contribution < -0.4 is 0 Å². The first kappa shape index (κ1) is 69.4. The van der Waals surface area contributed by atoms with E-state index in [1.165, 1.54) is 116 Å². The fourth-order valence-corrected chi connectivity index (χ4v) is 8.94. The van der Waals surface area contributed by atoms with E-state index in [1.54, 1.807) is 0 Å². The van der Waals surface area contributed by atoms with Crippen LogP contribution in [0.25, 0.3) is 0 Å². The number of allylic oxidation sites excluding steroid dienone is 10. The zero-order valence-electron chi connectivity index (χ0n) is 47.5. The van der Waals surface area contributed by atoms with Crippen molar-refractivity contribution in [3.63, 3.8) is 0 Å². The highest BCUT2D eigenvalue weighted by molar-refractivity contribution is 5.74. The second-order valence-corrected chi connectivity index (χ2v) is 20.6. The van der Waals surface area contributed by atoms with Crippen molar-refractivity contribution in [2.45, 2.75) is 302 Å². The standard InChI is InChI=1S/C63H108O12/c1-4-7-10-13-16-19-22-24-26-27-28-29-31-33-36-39-42-45-48-51-57(66)74-61-59(68)58(67)60(62(69)70)75-63(61)72-53-54(73-56(65)50-47-44-41-38-34-21-18-15-12-9-6-3)52-71-55(64)49-46-43-40-37-35-32-30-25-23-20-17-14-11-8-5-2/h8,11,17,20,24-26,30,35,37,54,58-61,63,67-68H,4-7,9-10,12-16,18-19,21-23,27-29,31-34,36,38-53H2,1-3H3,(H,69,70)/b11-8-,20-17-,26-24-,30-25-,37-35-. The van der Waals surface area contributed by atoms with Gasteiger partial charge in [0.25, 0.3) is 0 Å². The molecule has 1 aliphatic heterocycles. The number of aliphatic hydroxyl groups is 2. The molecule has 1 aliphatic rings. The Balaban J connectivity index is 2.66. The Bertz CT molecular complexity index is 1540. The van der Waals surface area contributed by atoms with Crippen molar-refractivity contribution < 1.29 is 58.2 Å². The molecule has 75 heavy (non-hydrogen) atoms. The van der Waals surface area contributed by atoms with Gasteiger partial charge in [-0.3, -0.25) is 14.4 Å². The third-order valence-electron chi connectivity index (χ3n) is 13.6. The van der Waals surface area contributed by atoms with E-state index in [1.807, 2.05) is 0 Å². The SMILES string of the molecule is CC/C=C\C/C=C\C/C=C\C/C=C\CCCCC(=O)OCC(COC1OC(C(=O)O)C(O)C(O)C1OC(=O)CCCCCCCCCCC/C=C\CCCCCCCC)OC(=O)CCCCCCCCCCCCC. The van der Waals surface area contributed by atoms with E-state index in [2.05, 4.69) is 81.5 Å². The molecule has 1 saturated heterocycles. The van der Waals surface area contributed by atoms with Crippen LogP contribution in [0.3, 0.4) is 0 Å². The van der Waals surface area contributed by atoms with Gasteiger partial charge in [0, 0.05) is 19.3 Å². The Morgan fingerprint density at radius 1 is 0.453 bits per heavy atom. The minimum absolute atomic E-state index is 0.0550. The first-order chi connectivity index (χ1) is 36.6. The van der Waals surface area contributed by atoms with Crippen molar-refractivity contribution in [1.82, 2.24) is 0 Å². The average molecular weight is 1060 g/mol. The number of aliphatic carboxylic acids is 1. The van der Waals surface area contributed by atoms with Crippen LogP contribution in [0.2, 0.25) is 0 Å². The van der Waals surface area contributed by atoms with E-state index in [4.69, 9.17) is 23.7 Å². The highest BCUT2D eigenvalue weighted by atomic mass is 16.7. The second kappa shape index (κ2) is 51.2. The average Bonchev–Trinajstić information content (AvgIpc) is 3.39. The summed E-state index contributed by atoms with van der Waals surface area (Å²) >= 11 is 0. The summed E-state index contributed by atoms with van der Waals surface area (Å²) in [5, 5.41) is 31.5. The normalized spacial score (nSPS) is 18.5. The lowest BCUT2D eigenvalue weighted by molar-refractivity contribution is -0.301. The van der Waals surface area contributed by atoms with E-state index in [-0.39, 0.29) is 25.9 Å². The maximum Gasteiger partial charge on any atom is 0.335 e. The van der Waals surface area contributed by atoms with Crippen molar-refractivity contribution >= 4 is 23.9 Å². The summed E-state index contributed by atoms with van der Waals surface area (Å²) in [5.74, 6) is -3.16. The highest BCUT2D eigenvalue weighted by Gasteiger charge is 2.50. The van der Waals surface area contributed by atoms with Crippen molar-refractivity contribution in [1.29, 1.82) is 0 Å². The van der Waals surface area contributed by atoms with Crippen LogP contribution in [-0.2, 0) is 42.9 Å². The number of hydrogen-bond donors (Lipinski definition) is 3. The number of hydrogen-bond acceptors (Lipinski definition) is 11. The van der Waals surface area contributed by atoms with Gasteiger partial charge in [-0.1, -0.05) is 223 Å². The van der Waals surface area contributed by atoms with Gasteiger partial charge < -0.3 is 39.0 Å². The molecule has 0 radical (unpaired) electrons. The first-order valence-electron chi connectivity index (χ1n) is 30.3. The molecule has 6 unspecified atom stereocenters. The van der Waals surface area contributed by atoms with Gasteiger partial charge in [0.2, 0.25) is 0 Å².